The maximum Gasteiger partial charge on any atom is 0.223 e. The summed E-state index contributed by atoms with van der Waals surface area (Å²) < 4.78 is 0. The van der Waals surface area contributed by atoms with Gasteiger partial charge in [-0.2, -0.15) is 0 Å². The Morgan fingerprint density at radius 2 is 2.12 bits per heavy atom. The lowest BCUT2D eigenvalue weighted by Gasteiger charge is -2.02. The van der Waals surface area contributed by atoms with Crippen LogP contribution in [0.15, 0.2) is 0 Å². The molecule has 0 atom stereocenters. The third-order valence-corrected chi connectivity index (χ3v) is 0.871. The van der Waals surface area contributed by atoms with Crippen LogP contribution in [0.25, 0.3) is 0 Å². The van der Waals surface area contributed by atoms with Crippen molar-refractivity contribution in [3.63, 3.8) is 0 Å². The van der Waals surface area contributed by atoms with Crippen LogP contribution in [0.3, 0.4) is 0 Å². The fourth-order valence-electron chi connectivity index (χ4n) is 0.373. The molecular weight excluding hydrogens is 104 g/mol. The quantitative estimate of drug-likeness (QED) is 0.441. The van der Waals surface area contributed by atoms with E-state index in [1.54, 1.807) is 0 Å². The van der Waals surface area contributed by atoms with Crippen LogP contribution in [0.1, 0.15) is 6.42 Å². The molecule has 3 heteroatoms. The van der Waals surface area contributed by atoms with E-state index in [-0.39, 0.29) is 5.91 Å². The van der Waals surface area contributed by atoms with E-state index in [0.29, 0.717) is 6.42 Å². The highest BCUT2D eigenvalue weighted by Gasteiger charge is 1.96. The maximum absolute atomic E-state index is 10.1. The molecule has 1 amide bonds. The molecule has 0 aromatic rings. The summed E-state index contributed by atoms with van der Waals surface area (Å²) in [5.41, 5.74) is 4.89. The van der Waals surface area contributed by atoms with Crippen LogP contribution in [-0.2, 0) is 4.79 Å². The number of hydrogen-bond donors (Lipinski definition) is 2. The molecule has 0 bridgehead atoms. The van der Waals surface area contributed by atoms with Gasteiger partial charge in [-0.3, -0.25) is 4.79 Å². The minimum Gasteiger partial charge on any atom is -0.369 e. The number of hydrogen-bond acceptors (Lipinski definition) is 1. The van der Waals surface area contributed by atoms with Crippen molar-refractivity contribution in [3.05, 3.63) is 0 Å². The third kappa shape index (κ3) is 5.43. The topological polar surface area (TPSA) is 47.5 Å². The van der Waals surface area contributed by atoms with Gasteiger partial charge < -0.3 is 10.6 Å². The second-order valence-corrected chi connectivity index (χ2v) is 2.17. The van der Waals surface area contributed by atoms with Gasteiger partial charge in [-0.1, -0.05) is 0 Å². The summed E-state index contributed by atoms with van der Waals surface area (Å²) in [6.07, 6.45) is 0.488. The molecular formula is C5H13N2O+. The van der Waals surface area contributed by atoms with Crippen molar-refractivity contribution in [1.82, 2.24) is 0 Å². The molecule has 0 heterocycles. The van der Waals surface area contributed by atoms with E-state index in [9.17, 15) is 4.79 Å². The van der Waals surface area contributed by atoms with Crippen LogP contribution in [0.4, 0.5) is 0 Å². The maximum atomic E-state index is 10.1. The molecule has 0 radical (unpaired) electrons. The van der Waals surface area contributed by atoms with Crippen molar-refractivity contribution in [2.45, 2.75) is 6.42 Å². The van der Waals surface area contributed by atoms with E-state index >= 15 is 0 Å². The Balaban J connectivity index is 3.05. The molecule has 3 nitrogen and oxygen atoms in total. The summed E-state index contributed by atoms with van der Waals surface area (Å²) in [6.45, 7) is 0.829. The molecule has 0 aliphatic heterocycles. The largest absolute Gasteiger partial charge is 0.369 e. The highest BCUT2D eigenvalue weighted by molar-refractivity contribution is 5.73. The minimum atomic E-state index is -0.216. The summed E-state index contributed by atoms with van der Waals surface area (Å²) in [4.78, 5) is 11.4. The smallest absolute Gasteiger partial charge is 0.223 e. The second kappa shape index (κ2) is 3.43. The average molecular weight is 117 g/mol. The Kier molecular flexibility index (Phi) is 3.19. The molecule has 0 saturated heterocycles. The van der Waals surface area contributed by atoms with Gasteiger partial charge >= 0.3 is 0 Å². The van der Waals surface area contributed by atoms with Crippen LogP contribution in [-0.4, -0.2) is 26.5 Å². The summed E-state index contributed by atoms with van der Waals surface area (Å²) in [5.74, 6) is -0.216. The Morgan fingerprint density at radius 3 is 2.25 bits per heavy atom. The van der Waals surface area contributed by atoms with Crippen LogP contribution >= 0.6 is 0 Å². The molecule has 0 unspecified atom stereocenters. The lowest BCUT2D eigenvalue weighted by molar-refractivity contribution is -0.857. The highest BCUT2D eigenvalue weighted by atomic mass is 16.1. The van der Waals surface area contributed by atoms with E-state index < -0.39 is 0 Å². The van der Waals surface area contributed by atoms with E-state index in [1.807, 2.05) is 14.1 Å². The first-order valence-corrected chi connectivity index (χ1v) is 2.70. The van der Waals surface area contributed by atoms with Gasteiger partial charge in [0.1, 0.15) is 0 Å². The van der Waals surface area contributed by atoms with Crippen LogP contribution in [0.5, 0.6) is 0 Å². The lowest BCUT2D eigenvalue weighted by atomic mass is 10.4. The molecule has 0 saturated carbocycles. The number of primary amides is 1. The zero-order chi connectivity index (χ0) is 6.57. The van der Waals surface area contributed by atoms with Gasteiger partial charge in [0, 0.05) is 0 Å². The van der Waals surface area contributed by atoms with Gasteiger partial charge in [0.25, 0.3) is 0 Å². The number of quaternary nitrogens is 1. The molecule has 48 valence electrons. The highest BCUT2D eigenvalue weighted by Crippen LogP contribution is 1.64. The van der Waals surface area contributed by atoms with Crippen LogP contribution in [0, 0.1) is 0 Å². The first-order valence-electron chi connectivity index (χ1n) is 2.70. The third-order valence-electron chi connectivity index (χ3n) is 0.871. The first-order chi connectivity index (χ1) is 3.63. The zero-order valence-corrected chi connectivity index (χ0v) is 5.40. The summed E-state index contributed by atoms with van der Waals surface area (Å²) in [7, 11) is 3.98. The standard InChI is InChI=1S/C5H12N2O/c1-7(2)4-3-5(6)8/h3-4H2,1-2H3,(H2,6,8)/p+1. The van der Waals surface area contributed by atoms with Gasteiger partial charge in [0.2, 0.25) is 5.91 Å². The first kappa shape index (κ1) is 7.43. The van der Waals surface area contributed by atoms with E-state index in [2.05, 4.69) is 0 Å². The molecule has 3 N–H and O–H groups in total. The van der Waals surface area contributed by atoms with Crippen molar-refractivity contribution in [2.75, 3.05) is 20.6 Å². The summed E-state index contributed by atoms with van der Waals surface area (Å²) in [5, 5.41) is 0. The number of nitrogens with one attached hydrogen (secondary N) is 1. The molecule has 0 aromatic carbocycles. The van der Waals surface area contributed by atoms with Crippen molar-refractivity contribution >= 4 is 5.91 Å². The van der Waals surface area contributed by atoms with Crippen LogP contribution < -0.4 is 10.6 Å². The van der Waals surface area contributed by atoms with Gasteiger partial charge in [-0.15, -0.1) is 0 Å². The van der Waals surface area contributed by atoms with Gasteiger partial charge in [0.15, 0.2) is 0 Å². The average Bonchev–Trinajstić information content (AvgIpc) is 1.61. The minimum absolute atomic E-state index is 0.216. The predicted octanol–water partition coefficient (Wildman–Crippen LogP) is -1.99. The van der Waals surface area contributed by atoms with Crippen molar-refractivity contribution in [1.29, 1.82) is 0 Å². The number of amides is 1. The van der Waals surface area contributed by atoms with E-state index in [4.69, 9.17) is 5.73 Å². The Labute approximate surface area is 49.5 Å². The van der Waals surface area contributed by atoms with E-state index in [0.717, 1.165) is 6.54 Å². The second-order valence-electron chi connectivity index (χ2n) is 2.17. The summed E-state index contributed by atoms with van der Waals surface area (Å²) in [6, 6.07) is 0. The van der Waals surface area contributed by atoms with Gasteiger partial charge in [-0.05, 0) is 0 Å². The zero-order valence-electron chi connectivity index (χ0n) is 5.40. The monoisotopic (exact) mass is 117 g/mol. The van der Waals surface area contributed by atoms with Crippen molar-refractivity contribution in [3.8, 4) is 0 Å². The predicted molar refractivity (Wildman–Crippen MR) is 31.5 cm³/mol. The Morgan fingerprint density at radius 1 is 1.62 bits per heavy atom. The molecule has 0 rings (SSSR count). The van der Waals surface area contributed by atoms with Crippen LogP contribution in [0.2, 0.25) is 0 Å². The van der Waals surface area contributed by atoms with Gasteiger partial charge in [0.05, 0.1) is 27.1 Å². The molecule has 8 heavy (non-hydrogen) atoms. The number of rotatable bonds is 3. The number of carbonyl (C=O) groups excluding carboxylic acids is 1. The molecule has 0 spiro atoms. The molecule has 0 aliphatic rings. The molecule has 0 aliphatic carbocycles. The lowest BCUT2D eigenvalue weighted by Crippen LogP contribution is -3.05. The molecule has 0 fully saturated rings. The summed E-state index contributed by atoms with van der Waals surface area (Å²) >= 11 is 0. The number of carbonyl (C=O) groups is 1. The number of nitrogens with two attached hydrogens (primary N) is 1. The van der Waals surface area contributed by atoms with Gasteiger partial charge in [-0.25, -0.2) is 0 Å². The van der Waals surface area contributed by atoms with E-state index in [1.165, 1.54) is 4.90 Å². The fourth-order valence-corrected chi connectivity index (χ4v) is 0.373. The Bertz CT molecular complexity index is 80.5. The SMILES string of the molecule is C[NH+](C)CCC(N)=O. The molecule has 0 aromatic heterocycles. The normalized spacial score (nSPS) is 9.88. The Hall–Kier alpha value is -0.570. The van der Waals surface area contributed by atoms with Crippen molar-refractivity contribution in [2.24, 2.45) is 5.73 Å². The fraction of sp³-hybridized carbons (Fsp3) is 0.800. The van der Waals surface area contributed by atoms with Crippen molar-refractivity contribution < 1.29 is 9.69 Å².